The minimum Gasteiger partial charge on any atom is -0.326 e. The third-order valence-electron chi connectivity index (χ3n) is 4.05. The van der Waals surface area contributed by atoms with E-state index >= 15 is 0 Å². The molecule has 0 saturated carbocycles. The first kappa shape index (κ1) is 20.6. The fourth-order valence-electron chi connectivity index (χ4n) is 2.81. The SMILES string of the molecule is CC(=O)Nc1cn(Cc2ccccc2)c(-c2cccc(C(F)(F)F)c2Cl)nc1=O. The summed E-state index contributed by atoms with van der Waals surface area (Å²) in [6, 6.07) is 12.5. The fraction of sp³-hybridized carbons (Fsp3) is 0.150. The van der Waals surface area contributed by atoms with Crippen LogP contribution in [0.15, 0.2) is 59.5 Å². The normalized spacial score (nSPS) is 11.3. The van der Waals surface area contributed by atoms with E-state index < -0.39 is 28.2 Å². The first-order chi connectivity index (χ1) is 13.7. The zero-order chi connectivity index (χ0) is 21.2. The van der Waals surface area contributed by atoms with Crippen molar-refractivity contribution in [3.8, 4) is 11.4 Å². The van der Waals surface area contributed by atoms with Crippen molar-refractivity contribution in [2.45, 2.75) is 19.6 Å². The first-order valence-electron chi connectivity index (χ1n) is 8.46. The quantitative estimate of drug-likeness (QED) is 0.670. The number of benzene rings is 2. The predicted molar refractivity (Wildman–Crippen MR) is 104 cm³/mol. The third kappa shape index (κ3) is 4.65. The average Bonchev–Trinajstić information content (AvgIpc) is 2.64. The van der Waals surface area contributed by atoms with Crippen LogP contribution >= 0.6 is 11.6 Å². The zero-order valence-corrected chi connectivity index (χ0v) is 15.9. The number of amides is 1. The van der Waals surface area contributed by atoms with Gasteiger partial charge in [-0.3, -0.25) is 9.59 Å². The highest BCUT2D eigenvalue weighted by Gasteiger charge is 2.34. The molecule has 9 heteroatoms. The van der Waals surface area contributed by atoms with Crippen molar-refractivity contribution in [3.05, 3.63) is 81.2 Å². The topological polar surface area (TPSA) is 64.0 Å². The maximum atomic E-state index is 13.3. The molecular formula is C20H15ClF3N3O2. The standard InChI is InChI=1S/C20H15ClF3N3O2/c1-12(28)25-16-11-27(10-13-6-3-2-4-7-13)18(26-19(16)29)14-8-5-9-15(17(14)21)20(22,23)24/h2-9,11H,10H2,1H3,(H,25,28). The molecule has 1 amide bonds. The summed E-state index contributed by atoms with van der Waals surface area (Å²) in [5, 5.41) is 1.83. The Morgan fingerprint density at radius 3 is 2.45 bits per heavy atom. The van der Waals surface area contributed by atoms with E-state index in [9.17, 15) is 22.8 Å². The van der Waals surface area contributed by atoms with Gasteiger partial charge in [0.1, 0.15) is 11.5 Å². The summed E-state index contributed by atoms with van der Waals surface area (Å²) in [5.41, 5.74) is -1.11. The van der Waals surface area contributed by atoms with Crippen LogP contribution in [0.5, 0.6) is 0 Å². The van der Waals surface area contributed by atoms with Gasteiger partial charge in [0.2, 0.25) is 5.91 Å². The minimum atomic E-state index is -4.66. The molecule has 1 heterocycles. The Kier molecular flexibility index (Phi) is 5.74. The molecule has 1 aromatic heterocycles. The van der Waals surface area contributed by atoms with E-state index in [1.807, 2.05) is 18.2 Å². The summed E-state index contributed by atoms with van der Waals surface area (Å²) < 4.78 is 41.2. The molecule has 0 aliphatic heterocycles. The molecule has 3 aromatic rings. The maximum Gasteiger partial charge on any atom is 0.417 e. The lowest BCUT2D eigenvalue weighted by molar-refractivity contribution is -0.137. The third-order valence-corrected chi connectivity index (χ3v) is 4.45. The summed E-state index contributed by atoms with van der Waals surface area (Å²) >= 11 is 6.03. The van der Waals surface area contributed by atoms with Gasteiger partial charge in [-0.1, -0.05) is 48.0 Å². The van der Waals surface area contributed by atoms with Crippen LogP contribution in [0.1, 0.15) is 18.1 Å². The average molecular weight is 422 g/mol. The second-order valence-electron chi connectivity index (χ2n) is 6.24. The molecule has 0 atom stereocenters. The molecule has 1 N–H and O–H groups in total. The van der Waals surface area contributed by atoms with Crippen LogP contribution in [0.4, 0.5) is 18.9 Å². The van der Waals surface area contributed by atoms with Crippen LogP contribution in [0.25, 0.3) is 11.4 Å². The molecule has 150 valence electrons. The number of nitrogens with zero attached hydrogens (tertiary/aromatic N) is 2. The van der Waals surface area contributed by atoms with E-state index in [1.54, 1.807) is 12.1 Å². The largest absolute Gasteiger partial charge is 0.417 e. The van der Waals surface area contributed by atoms with Crippen LogP contribution in [0.2, 0.25) is 5.02 Å². The molecule has 0 saturated heterocycles. The molecule has 0 radical (unpaired) electrons. The Hall–Kier alpha value is -3.13. The summed E-state index contributed by atoms with van der Waals surface area (Å²) in [6.07, 6.45) is -3.32. The number of aromatic nitrogens is 2. The van der Waals surface area contributed by atoms with Crippen molar-refractivity contribution in [3.63, 3.8) is 0 Å². The van der Waals surface area contributed by atoms with E-state index in [0.717, 1.165) is 11.6 Å². The van der Waals surface area contributed by atoms with Gasteiger partial charge in [-0.2, -0.15) is 18.2 Å². The minimum absolute atomic E-state index is 0.0379. The zero-order valence-electron chi connectivity index (χ0n) is 15.1. The molecule has 29 heavy (non-hydrogen) atoms. The molecule has 0 bridgehead atoms. The van der Waals surface area contributed by atoms with Gasteiger partial charge in [0.15, 0.2) is 0 Å². The number of halogens is 4. The van der Waals surface area contributed by atoms with Crippen LogP contribution in [-0.2, 0) is 17.5 Å². The lowest BCUT2D eigenvalue weighted by atomic mass is 10.1. The van der Waals surface area contributed by atoms with Crippen molar-refractivity contribution in [1.82, 2.24) is 9.55 Å². The number of hydrogen-bond donors (Lipinski definition) is 1. The van der Waals surface area contributed by atoms with Crippen LogP contribution in [0, 0.1) is 0 Å². The Bertz CT molecular complexity index is 1110. The smallest absolute Gasteiger partial charge is 0.326 e. The van der Waals surface area contributed by atoms with Gasteiger partial charge in [-0.05, 0) is 17.7 Å². The van der Waals surface area contributed by atoms with Gasteiger partial charge in [0.25, 0.3) is 5.56 Å². The highest BCUT2D eigenvalue weighted by molar-refractivity contribution is 6.34. The lowest BCUT2D eigenvalue weighted by Crippen LogP contribution is -2.22. The van der Waals surface area contributed by atoms with Crippen molar-refractivity contribution in [2.24, 2.45) is 0 Å². The van der Waals surface area contributed by atoms with Crippen molar-refractivity contribution in [2.75, 3.05) is 5.32 Å². The summed E-state index contributed by atoms with van der Waals surface area (Å²) in [7, 11) is 0. The highest BCUT2D eigenvalue weighted by atomic mass is 35.5. The molecule has 0 spiro atoms. The molecule has 5 nitrogen and oxygen atoms in total. The second-order valence-corrected chi connectivity index (χ2v) is 6.62. The van der Waals surface area contributed by atoms with Gasteiger partial charge in [0, 0.05) is 25.2 Å². The van der Waals surface area contributed by atoms with Crippen LogP contribution in [-0.4, -0.2) is 15.5 Å². The van der Waals surface area contributed by atoms with Crippen molar-refractivity contribution in [1.29, 1.82) is 0 Å². The Morgan fingerprint density at radius 1 is 1.14 bits per heavy atom. The Labute approximate surface area is 168 Å². The van der Waals surface area contributed by atoms with Gasteiger partial charge >= 0.3 is 6.18 Å². The number of rotatable bonds is 4. The van der Waals surface area contributed by atoms with Crippen LogP contribution in [0.3, 0.4) is 0 Å². The van der Waals surface area contributed by atoms with Gasteiger partial charge in [0.05, 0.1) is 10.6 Å². The molecule has 0 unspecified atom stereocenters. The molecule has 0 fully saturated rings. The van der Waals surface area contributed by atoms with Crippen molar-refractivity contribution < 1.29 is 18.0 Å². The molecule has 2 aromatic carbocycles. The summed E-state index contributed by atoms with van der Waals surface area (Å²) in [6.45, 7) is 1.43. The number of carbonyl (C=O) groups is 1. The number of carbonyl (C=O) groups excluding carboxylic acids is 1. The number of nitrogens with one attached hydrogen (secondary N) is 1. The molecule has 3 rings (SSSR count). The van der Waals surface area contributed by atoms with Gasteiger partial charge < -0.3 is 9.88 Å². The molecular weight excluding hydrogens is 407 g/mol. The first-order valence-corrected chi connectivity index (χ1v) is 8.83. The van der Waals surface area contributed by atoms with Gasteiger partial charge in [-0.25, -0.2) is 0 Å². The Balaban J connectivity index is 2.21. The van der Waals surface area contributed by atoms with Gasteiger partial charge in [-0.15, -0.1) is 0 Å². The second kappa shape index (κ2) is 8.08. The number of alkyl halides is 3. The van der Waals surface area contributed by atoms with Crippen molar-refractivity contribution >= 4 is 23.2 Å². The van der Waals surface area contributed by atoms with E-state index in [4.69, 9.17) is 11.6 Å². The van der Waals surface area contributed by atoms with Crippen LogP contribution < -0.4 is 10.9 Å². The number of anilines is 1. The molecule has 0 aliphatic carbocycles. The fourth-order valence-corrected chi connectivity index (χ4v) is 3.13. The monoisotopic (exact) mass is 421 g/mol. The number of hydrogen-bond acceptors (Lipinski definition) is 3. The predicted octanol–water partition coefficient (Wildman–Crippen LogP) is 4.59. The maximum absolute atomic E-state index is 13.3. The van der Waals surface area contributed by atoms with E-state index in [1.165, 1.54) is 29.8 Å². The summed E-state index contributed by atoms with van der Waals surface area (Å²) in [4.78, 5) is 27.6. The summed E-state index contributed by atoms with van der Waals surface area (Å²) in [5.74, 6) is -0.510. The van der Waals surface area contributed by atoms with E-state index in [2.05, 4.69) is 10.3 Å². The highest BCUT2D eigenvalue weighted by Crippen LogP contribution is 2.39. The molecule has 0 aliphatic rings. The van der Waals surface area contributed by atoms with E-state index in [0.29, 0.717) is 0 Å². The van der Waals surface area contributed by atoms with E-state index in [-0.39, 0.29) is 23.6 Å². The Morgan fingerprint density at radius 2 is 1.83 bits per heavy atom. The lowest BCUT2D eigenvalue weighted by Gasteiger charge is -2.17.